The average Bonchev–Trinajstić information content (AvgIpc) is 3.36. The van der Waals surface area contributed by atoms with Crippen molar-refractivity contribution in [3.8, 4) is 10.7 Å². The van der Waals surface area contributed by atoms with Crippen LogP contribution in [-0.4, -0.2) is 41.9 Å². The number of anilines is 1. The number of aryl methyl sites for hydroxylation is 3. The second-order valence-electron chi connectivity index (χ2n) is 7.82. The van der Waals surface area contributed by atoms with Gasteiger partial charge in [-0.2, -0.15) is 9.29 Å². The van der Waals surface area contributed by atoms with Gasteiger partial charge in [0.15, 0.2) is 0 Å². The standard InChI is InChI=1S/C21H23FN4O4S2/c1-12-9-16(22)6-7-17(12)24-21(27)15-5-4-8-26(11-15)32(28,29)19-10-18(31-13(19)2)20-23-14(3)30-25-20/h6-7,9-10,15H,4-5,8,11H2,1-3H3,(H,24,27)/t15-/m0/s1. The van der Waals surface area contributed by atoms with Gasteiger partial charge in [-0.25, -0.2) is 12.8 Å². The van der Waals surface area contributed by atoms with Crippen LogP contribution in [-0.2, 0) is 14.8 Å². The van der Waals surface area contributed by atoms with Crippen molar-refractivity contribution in [2.45, 2.75) is 38.5 Å². The molecule has 1 amide bonds. The Morgan fingerprint density at radius 2 is 2.06 bits per heavy atom. The second kappa shape index (κ2) is 8.72. The molecule has 1 aliphatic rings. The third kappa shape index (κ3) is 4.45. The van der Waals surface area contributed by atoms with E-state index in [4.69, 9.17) is 4.52 Å². The summed E-state index contributed by atoms with van der Waals surface area (Å²) in [5.41, 5.74) is 1.13. The number of sulfonamides is 1. The predicted octanol–water partition coefficient (Wildman–Crippen LogP) is 3.90. The summed E-state index contributed by atoms with van der Waals surface area (Å²) < 4.78 is 46.4. The Kier molecular flexibility index (Phi) is 6.15. The molecule has 2 aromatic heterocycles. The van der Waals surface area contributed by atoms with E-state index < -0.39 is 15.9 Å². The summed E-state index contributed by atoms with van der Waals surface area (Å²) in [5, 5.41) is 6.67. The number of aromatic nitrogens is 2. The summed E-state index contributed by atoms with van der Waals surface area (Å²) in [6, 6.07) is 5.69. The zero-order chi connectivity index (χ0) is 23.0. The highest BCUT2D eigenvalue weighted by Crippen LogP contribution is 2.35. The lowest BCUT2D eigenvalue weighted by Gasteiger charge is -2.31. The van der Waals surface area contributed by atoms with Crippen molar-refractivity contribution in [1.82, 2.24) is 14.4 Å². The number of rotatable bonds is 5. The van der Waals surface area contributed by atoms with E-state index in [0.29, 0.717) is 52.1 Å². The Morgan fingerprint density at radius 1 is 1.28 bits per heavy atom. The van der Waals surface area contributed by atoms with Crippen LogP contribution >= 0.6 is 11.3 Å². The highest BCUT2D eigenvalue weighted by atomic mass is 32.2. The lowest BCUT2D eigenvalue weighted by molar-refractivity contribution is -0.120. The fourth-order valence-electron chi connectivity index (χ4n) is 3.75. The van der Waals surface area contributed by atoms with E-state index in [1.807, 2.05) is 0 Å². The van der Waals surface area contributed by atoms with Crippen molar-refractivity contribution >= 4 is 33.0 Å². The first kappa shape index (κ1) is 22.6. The molecular formula is C21H23FN4O4S2. The lowest BCUT2D eigenvalue weighted by atomic mass is 9.98. The van der Waals surface area contributed by atoms with Crippen LogP contribution in [0.2, 0.25) is 0 Å². The summed E-state index contributed by atoms with van der Waals surface area (Å²) in [6.45, 7) is 5.53. The van der Waals surface area contributed by atoms with Gasteiger partial charge in [0.25, 0.3) is 0 Å². The fourth-order valence-corrected chi connectivity index (χ4v) is 6.76. The first-order valence-electron chi connectivity index (χ1n) is 10.1. The van der Waals surface area contributed by atoms with Gasteiger partial charge in [-0.1, -0.05) is 5.16 Å². The Hall–Kier alpha value is -2.63. The maximum Gasteiger partial charge on any atom is 0.244 e. The number of hydrogen-bond donors (Lipinski definition) is 1. The number of nitrogens with zero attached hydrogens (tertiary/aromatic N) is 3. The number of piperidine rings is 1. The minimum Gasteiger partial charge on any atom is -0.339 e. The zero-order valence-corrected chi connectivity index (χ0v) is 19.5. The topological polar surface area (TPSA) is 105 Å². The summed E-state index contributed by atoms with van der Waals surface area (Å²) in [7, 11) is -3.80. The number of carbonyl (C=O) groups is 1. The SMILES string of the molecule is Cc1nc(-c2cc(S(=O)(=O)N3CCC[C@H](C(=O)Nc4ccc(F)cc4C)C3)c(C)s2)no1. The van der Waals surface area contributed by atoms with Gasteiger partial charge in [0.2, 0.25) is 27.6 Å². The Bertz CT molecular complexity index is 1270. The van der Waals surface area contributed by atoms with Crippen LogP contribution in [0.15, 0.2) is 33.7 Å². The molecular weight excluding hydrogens is 455 g/mol. The zero-order valence-electron chi connectivity index (χ0n) is 17.9. The van der Waals surface area contributed by atoms with Crippen molar-refractivity contribution in [1.29, 1.82) is 0 Å². The van der Waals surface area contributed by atoms with Gasteiger partial charge in [-0.05, 0) is 56.5 Å². The van der Waals surface area contributed by atoms with Gasteiger partial charge in [-0.15, -0.1) is 11.3 Å². The second-order valence-corrected chi connectivity index (χ2v) is 11.0. The van der Waals surface area contributed by atoms with E-state index in [9.17, 15) is 17.6 Å². The van der Waals surface area contributed by atoms with E-state index in [0.717, 1.165) is 0 Å². The van der Waals surface area contributed by atoms with E-state index in [1.54, 1.807) is 26.8 Å². The maximum absolute atomic E-state index is 13.4. The third-order valence-electron chi connectivity index (χ3n) is 5.44. The van der Waals surface area contributed by atoms with Gasteiger partial charge < -0.3 is 9.84 Å². The monoisotopic (exact) mass is 478 g/mol. The van der Waals surface area contributed by atoms with Gasteiger partial charge in [0.05, 0.1) is 15.7 Å². The van der Waals surface area contributed by atoms with Gasteiger partial charge in [0, 0.05) is 30.6 Å². The summed E-state index contributed by atoms with van der Waals surface area (Å²) in [5.74, 6) is -0.401. The fraction of sp³-hybridized carbons (Fsp3) is 0.381. The highest BCUT2D eigenvalue weighted by molar-refractivity contribution is 7.89. The number of nitrogens with one attached hydrogen (secondary N) is 1. The largest absolute Gasteiger partial charge is 0.339 e. The van der Waals surface area contributed by atoms with E-state index in [2.05, 4.69) is 15.5 Å². The lowest BCUT2D eigenvalue weighted by Crippen LogP contribution is -2.43. The molecule has 4 rings (SSSR count). The summed E-state index contributed by atoms with van der Waals surface area (Å²) in [6.07, 6.45) is 1.15. The number of thiophene rings is 1. The molecule has 1 aromatic carbocycles. The first-order valence-corrected chi connectivity index (χ1v) is 12.4. The van der Waals surface area contributed by atoms with E-state index in [-0.39, 0.29) is 23.2 Å². The molecule has 1 saturated heterocycles. The predicted molar refractivity (Wildman–Crippen MR) is 118 cm³/mol. The molecule has 170 valence electrons. The quantitative estimate of drug-likeness (QED) is 0.596. The number of amides is 1. The number of hydrogen-bond acceptors (Lipinski definition) is 7. The smallest absolute Gasteiger partial charge is 0.244 e. The molecule has 11 heteroatoms. The summed E-state index contributed by atoms with van der Waals surface area (Å²) in [4.78, 5) is 18.4. The minimum absolute atomic E-state index is 0.0837. The molecule has 0 aliphatic carbocycles. The van der Waals surface area contributed by atoms with E-state index in [1.165, 1.54) is 33.8 Å². The molecule has 32 heavy (non-hydrogen) atoms. The van der Waals surface area contributed by atoms with Crippen LogP contribution in [0.4, 0.5) is 10.1 Å². The molecule has 1 fully saturated rings. The van der Waals surface area contributed by atoms with Crippen molar-refractivity contribution in [3.63, 3.8) is 0 Å². The molecule has 0 spiro atoms. The van der Waals surface area contributed by atoms with Crippen LogP contribution in [0.1, 0.15) is 29.2 Å². The molecule has 0 saturated carbocycles. The van der Waals surface area contributed by atoms with Crippen LogP contribution in [0.3, 0.4) is 0 Å². The van der Waals surface area contributed by atoms with Crippen molar-refractivity contribution in [3.05, 3.63) is 46.4 Å². The molecule has 1 atom stereocenters. The first-order chi connectivity index (χ1) is 15.1. The Labute approximate surface area is 189 Å². The van der Waals surface area contributed by atoms with Crippen molar-refractivity contribution < 1.29 is 22.1 Å². The molecule has 0 unspecified atom stereocenters. The Morgan fingerprint density at radius 3 is 2.75 bits per heavy atom. The van der Waals surface area contributed by atoms with Gasteiger partial charge in [0.1, 0.15) is 5.82 Å². The molecule has 3 heterocycles. The normalized spacial score (nSPS) is 17.4. The average molecular weight is 479 g/mol. The van der Waals surface area contributed by atoms with Crippen molar-refractivity contribution in [2.75, 3.05) is 18.4 Å². The third-order valence-corrected chi connectivity index (χ3v) is 8.61. The maximum atomic E-state index is 13.4. The van der Waals surface area contributed by atoms with Crippen LogP contribution in [0.5, 0.6) is 0 Å². The van der Waals surface area contributed by atoms with Crippen molar-refractivity contribution in [2.24, 2.45) is 5.92 Å². The molecule has 8 nitrogen and oxygen atoms in total. The number of benzene rings is 1. The van der Waals surface area contributed by atoms with E-state index >= 15 is 0 Å². The Balaban J connectivity index is 1.52. The molecule has 1 aliphatic heterocycles. The highest BCUT2D eigenvalue weighted by Gasteiger charge is 2.35. The number of halogens is 1. The number of carbonyl (C=O) groups excluding carboxylic acids is 1. The van der Waals surface area contributed by atoms with Crippen LogP contribution in [0, 0.1) is 32.5 Å². The molecule has 3 aromatic rings. The van der Waals surface area contributed by atoms with Crippen LogP contribution in [0.25, 0.3) is 10.7 Å². The minimum atomic E-state index is -3.80. The molecule has 0 radical (unpaired) electrons. The summed E-state index contributed by atoms with van der Waals surface area (Å²) >= 11 is 1.28. The molecule has 0 bridgehead atoms. The van der Waals surface area contributed by atoms with Crippen LogP contribution < -0.4 is 5.32 Å². The van der Waals surface area contributed by atoms with Gasteiger partial charge in [-0.3, -0.25) is 4.79 Å². The van der Waals surface area contributed by atoms with Gasteiger partial charge >= 0.3 is 0 Å². The molecule has 1 N–H and O–H groups in total.